The summed E-state index contributed by atoms with van der Waals surface area (Å²) in [6.45, 7) is 6.70. The van der Waals surface area contributed by atoms with Gasteiger partial charge in [0.1, 0.15) is 0 Å². The molecule has 0 spiro atoms. The van der Waals surface area contributed by atoms with E-state index in [-0.39, 0.29) is 0 Å². The summed E-state index contributed by atoms with van der Waals surface area (Å²) in [5.74, 6) is 4.91. The minimum atomic E-state index is 0.421. The van der Waals surface area contributed by atoms with Gasteiger partial charge < -0.3 is 5.84 Å². The Morgan fingerprint density at radius 3 is 2.45 bits per heavy atom. The van der Waals surface area contributed by atoms with Crippen LogP contribution in [0.2, 0.25) is 0 Å². The van der Waals surface area contributed by atoms with Crippen LogP contribution in [0, 0.1) is 5.41 Å². The van der Waals surface area contributed by atoms with Gasteiger partial charge in [-0.3, -0.25) is 0 Å². The van der Waals surface area contributed by atoms with E-state index >= 15 is 0 Å². The van der Waals surface area contributed by atoms with Crippen molar-refractivity contribution in [3.05, 3.63) is 12.2 Å². The van der Waals surface area contributed by atoms with Crippen LogP contribution in [0.3, 0.4) is 0 Å². The molecule has 0 bridgehead atoms. The van der Waals surface area contributed by atoms with Gasteiger partial charge in [-0.15, -0.1) is 0 Å². The highest BCUT2D eigenvalue weighted by atomic mass is 15.1. The van der Waals surface area contributed by atoms with Gasteiger partial charge in [-0.25, -0.2) is 0 Å². The van der Waals surface area contributed by atoms with Gasteiger partial charge in [0.05, 0.1) is 0 Å². The largest absolute Gasteiger partial charge is 0.323 e. The second-order valence-electron chi connectivity index (χ2n) is 3.83. The summed E-state index contributed by atoms with van der Waals surface area (Å²) in [4.78, 5) is 0. The average Bonchev–Trinajstić information content (AvgIpc) is 1.85. The highest BCUT2D eigenvalue weighted by Crippen LogP contribution is 2.20. The summed E-state index contributed by atoms with van der Waals surface area (Å²) in [6.07, 6.45) is 7.85. The second-order valence-corrected chi connectivity index (χ2v) is 3.83. The Morgan fingerprint density at radius 2 is 2.00 bits per heavy atom. The first-order valence-electron chi connectivity index (χ1n) is 3.94. The molecule has 0 aliphatic rings. The van der Waals surface area contributed by atoms with Crippen LogP contribution in [0.1, 0.15) is 33.6 Å². The summed E-state index contributed by atoms with van der Waals surface area (Å²) in [6, 6.07) is 0. The van der Waals surface area contributed by atoms with Crippen LogP contribution < -0.4 is 5.84 Å². The fourth-order valence-electron chi connectivity index (χ4n) is 0.723. The number of hydrazone groups is 1. The van der Waals surface area contributed by atoms with Crippen LogP contribution in [0.25, 0.3) is 0 Å². The number of nitrogens with zero attached hydrogens (tertiary/aromatic N) is 1. The van der Waals surface area contributed by atoms with Gasteiger partial charge in [-0.05, 0) is 24.3 Å². The molecule has 0 saturated carbocycles. The Bertz CT molecular complexity index is 140. The molecule has 2 nitrogen and oxygen atoms in total. The molecule has 0 rings (SSSR count). The molecule has 0 aromatic rings. The lowest BCUT2D eigenvalue weighted by Crippen LogP contribution is -2.02. The van der Waals surface area contributed by atoms with Crippen LogP contribution in [0.15, 0.2) is 17.3 Å². The van der Waals surface area contributed by atoms with E-state index in [1.165, 1.54) is 6.42 Å². The predicted molar refractivity (Wildman–Crippen MR) is 50.5 cm³/mol. The molecule has 0 aromatic carbocycles. The van der Waals surface area contributed by atoms with Gasteiger partial charge in [0, 0.05) is 6.21 Å². The van der Waals surface area contributed by atoms with Crippen molar-refractivity contribution in [2.24, 2.45) is 16.4 Å². The summed E-state index contributed by atoms with van der Waals surface area (Å²) in [5, 5.41) is 3.36. The highest BCUT2D eigenvalue weighted by Gasteiger charge is 2.06. The van der Waals surface area contributed by atoms with Crippen molar-refractivity contribution in [1.82, 2.24) is 0 Å². The van der Waals surface area contributed by atoms with Crippen molar-refractivity contribution >= 4 is 6.21 Å². The van der Waals surface area contributed by atoms with Gasteiger partial charge in [-0.1, -0.05) is 26.8 Å². The Morgan fingerprint density at radius 1 is 1.36 bits per heavy atom. The zero-order valence-corrected chi connectivity index (χ0v) is 7.67. The Balaban J connectivity index is 3.42. The van der Waals surface area contributed by atoms with E-state index in [2.05, 4.69) is 31.9 Å². The van der Waals surface area contributed by atoms with Crippen molar-refractivity contribution in [2.75, 3.05) is 0 Å². The van der Waals surface area contributed by atoms with Crippen LogP contribution in [0.4, 0.5) is 0 Å². The summed E-state index contributed by atoms with van der Waals surface area (Å²) >= 11 is 0. The van der Waals surface area contributed by atoms with E-state index in [4.69, 9.17) is 5.84 Å². The van der Waals surface area contributed by atoms with Crippen LogP contribution in [-0.2, 0) is 0 Å². The van der Waals surface area contributed by atoms with Crippen molar-refractivity contribution in [3.63, 3.8) is 0 Å². The van der Waals surface area contributed by atoms with Gasteiger partial charge in [0.15, 0.2) is 0 Å². The molecular weight excluding hydrogens is 136 g/mol. The molecule has 2 N–H and O–H groups in total. The quantitative estimate of drug-likeness (QED) is 0.378. The molecule has 0 amide bonds. The fraction of sp³-hybridized carbons (Fsp3) is 0.667. The Labute approximate surface area is 69.2 Å². The zero-order chi connectivity index (χ0) is 8.74. The topological polar surface area (TPSA) is 38.4 Å². The second kappa shape index (κ2) is 4.94. The van der Waals surface area contributed by atoms with E-state index in [0.717, 1.165) is 6.42 Å². The third-order valence-electron chi connectivity index (χ3n) is 1.37. The third kappa shape index (κ3) is 9.21. The Hall–Kier alpha value is -0.790. The van der Waals surface area contributed by atoms with Gasteiger partial charge >= 0.3 is 0 Å². The number of hydrogen-bond acceptors (Lipinski definition) is 2. The van der Waals surface area contributed by atoms with Gasteiger partial charge in [-0.2, -0.15) is 5.10 Å². The first-order valence-corrected chi connectivity index (χ1v) is 3.94. The molecule has 0 radical (unpaired) electrons. The van der Waals surface area contributed by atoms with E-state index < -0.39 is 0 Å². The standard InChI is InChI=1S/C9H18N2/c1-9(2,3)7-5-4-6-8-11-10/h4,6,8H,5,7,10H2,1-3H3/b6-4-,11-8-. The molecular formula is C9H18N2. The van der Waals surface area contributed by atoms with E-state index in [9.17, 15) is 0 Å². The van der Waals surface area contributed by atoms with E-state index in [1.807, 2.05) is 6.08 Å². The maximum Gasteiger partial charge on any atom is 0.0462 e. The van der Waals surface area contributed by atoms with Crippen molar-refractivity contribution < 1.29 is 0 Å². The van der Waals surface area contributed by atoms with Gasteiger partial charge in [0.25, 0.3) is 0 Å². The predicted octanol–water partition coefficient (Wildman–Crippen LogP) is 2.31. The molecule has 0 saturated heterocycles. The zero-order valence-electron chi connectivity index (χ0n) is 7.67. The summed E-state index contributed by atoms with van der Waals surface area (Å²) < 4.78 is 0. The monoisotopic (exact) mass is 154 g/mol. The number of nitrogens with two attached hydrogens (primary N) is 1. The number of hydrogen-bond donors (Lipinski definition) is 1. The normalized spacial score (nSPS) is 13.4. The van der Waals surface area contributed by atoms with Gasteiger partial charge in [0.2, 0.25) is 0 Å². The lowest BCUT2D eigenvalue weighted by atomic mass is 9.91. The van der Waals surface area contributed by atoms with Crippen molar-refractivity contribution in [2.45, 2.75) is 33.6 Å². The van der Waals surface area contributed by atoms with E-state index in [0.29, 0.717) is 5.41 Å². The molecule has 0 aliphatic carbocycles. The smallest absolute Gasteiger partial charge is 0.0462 e. The SMILES string of the molecule is CC(C)(C)CC/C=C\C=N/N. The first-order chi connectivity index (χ1) is 5.06. The molecule has 2 heteroatoms. The van der Waals surface area contributed by atoms with Crippen LogP contribution >= 0.6 is 0 Å². The first kappa shape index (κ1) is 10.2. The van der Waals surface area contributed by atoms with Crippen molar-refractivity contribution in [1.29, 1.82) is 0 Å². The molecule has 0 atom stereocenters. The fourth-order valence-corrected chi connectivity index (χ4v) is 0.723. The number of rotatable bonds is 3. The molecule has 0 aromatic heterocycles. The lowest BCUT2D eigenvalue weighted by molar-refractivity contribution is 0.381. The van der Waals surface area contributed by atoms with Crippen molar-refractivity contribution in [3.8, 4) is 0 Å². The molecule has 0 heterocycles. The molecule has 64 valence electrons. The summed E-state index contributed by atoms with van der Waals surface area (Å²) in [7, 11) is 0. The number of allylic oxidation sites excluding steroid dienone is 2. The lowest BCUT2D eigenvalue weighted by Gasteiger charge is -2.15. The minimum absolute atomic E-state index is 0.421. The maximum absolute atomic E-state index is 4.91. The summed E-state index contributed by atoms with van der Waals surface area (Å²) in [5.41, 5.74) is 0.421. The molecule has 0 aliphatic heterocycles. The molecule has 11 heavy (non-hydrogen) atoms. The molecule has 0 fully saturated rings. The van der Waals surface area contributed by atoms with Crippen LogP contribution in [-0.4, -0.2) is 6.21 Å². The molecule has 0 unspecified atom stereocenters. The average molecular weight is 154 g/mol. The van der Waals surface area contributed by atoms with Crippen LogP contribution in [0.5, 0.6) is 0 Å². The van der Waals surface area contributed by atoms with E-state index in [1.54, 1.807) is 6.21 Å². The highest BCUT2D eigenvalue weighted by molar-refractivity contribution is 5.70. The minimum Gasteiger partial charge on any atom is -0.323 e. The Kier molecular flexibility index (Phi) is 4.59. The third-order valence-corrected chi connectivity index (χ3v) is 1.37. The maximum atomic E-state index is 4.91.